The smallest absolute Gasteiger partial charge is 0.407 e. The Morgan fingerprint density at radius 1 is 1.71 bits per heavy atom. The van der Waals surface area contributed by atoms with Crippen LogP contribution in [0.15, 0.2) is 0 Å². The van der Waals surface area contributed by atoms with Gasteiger partial charge in [-0.25, -0.2) is 4.79 Å². The fourth-order valence-corrected chi connectivity index (χ4v) is 0.348. The molecule has 0 saturated carbocycles. The van der Waals surface area contributed by atoms with E-state index < -0.39 is 0 Å². The van der Waals surface area contributed by atoms with Crippen LogP contribution < -0.4 is 5.32 Å². The lowest BCUT2D eigenvalue weighted by atomic mass is 10.7. The average Bonchev–Trinajstić information content (AvgIpc) is 1.86. The Balaban J connectivity index is 0.000000360. The fourth-order valence-electron chi connectivity index (χ4n) is 0.348. The Labute approximate surface area is 45.0 Å². The van der Waals surface area contributed by atoms with Crippen molar-refractivity contribution in [3.05, 3.63) is 0 Å². The van der Waals surface area contributed by atoms with Crippen molar-refractivity contribution in [2.24, 2.45) is 0 Å². The van der Waals surface area contributed by atoms with E-state index in [4.69, 9.17) is 0 Å². The number of carbonyl (C=O) groups is 1. The quantitative estimate of drug-likeness (QED) is 0.450. The largest absolute Gasteiger partial charge is 0.448 e. The first kappa shape index (κ1) is 6.70. The number of cyclic esters (lactones) is 1. The van der Waals surface area contributed by atoms with Crippen LogP contribution in [0.1, 0.15) is 0 Å². The van der Waals surface area contributed by atoms with Gasteiger partial charge in [0.25, 0.3) is 0 Å². The molecule has 1 heterocycles. The zero-order valence-corrected chi connectivity index (χ0v) is 5.35. The van der Waals surface area contributed by atoms with Gasteiger partial charge in [-0.15, -0.1) is 0 Å². The summed E-state index contributed by atoms with van der Waals surface area (Å²) in [4.78, 5) is 9.91. The van der Waals surface area contributed by atoms with Crippen LogP contribution in [0.5, 0.6) is 0 Å². The van der Waals surface area contributed by atoms with E-state index in [9.17, 15) is 4.79 Å². The van der Waals surface area contributed by atoms with E-state index in [0.717, 1.165) is 0 Å². The van der Waals surface area contributed by atoms with E-state index in [2.05, 4.69) is 10.1 Å². The zero-order chi connectivity index (χ0) is 4.41. The molecule has 1 rings (SSSR count). The molecule has 1 fully saturated rings. The number of carbonyl (C=O) groups excluding carboxylic acids is 1. The molecule has 1 unspecified atom stereocenters. The van der Waals surface area contributed by atoms with Gasteiger partial charge in [0.15, 0.2) is 0 Å². The number of hydrogen-bond donors (Lipinski definition) is 1. The standard InChI is InChI=1S/C3H5NO2.H3P/c5-3-4-1-2-6-3;/h1-2H2,(H,4,5);1H3. The summed E-state index contributed by atoms with van der Waals surface area (Å²) < 4.78 is 4.40. The predicted octanol–water partition coefficient (Wildman–Crippen LogP) is -0.216. The third-order valence-corrected chi connectivity index (χ3v) is 0.605. The van der Waals surface area contributed by atoms with Crippen LogP contribution in [0.25, 0.3) is 0 Å². The molecule has 3 nitrogen and oxygen atoms in total. The molecule has 1 atom stereocenters. The molecule has 0 radical (unpaired) electrons. The van der Waals surface area contributed by atoms with E-state index in [-0.39, 0.29) is 16.0 Å². The second kappa shape index (κ2) is 2.80. The van der Waals surface area contributed by atoms with E-state index in [1.807, 2.05) is 0 Å². The Kier molecular flexibility index (Phi) is 2.68. The maximum absolute atomic E-state index is 9.91. The third-order valence-electron chi connectivity index (χ3n) is 0.605. The molecule has 0 aromatic carbocycles. The van der Waals surface area contributed by atoms with Crippen molar-refractivity contribution in [2.75, 3.05) is 13.2 Å². The van der Waals surface area contributed by atoms with Gasteiger partial charge in [0.1, 0.15) is 6.61 Å². The summed E-state index contributed by atoms with van der Waals surface area (Å²) >= 11 is 0. The van der Waals surface area contributed by atoms with Gasteiger partial charge >= 0.3 is 6.09 Å². The second-order valence-corrected chi connectivity index (χ2v) is 1.06. The first-order chi connectivity index (χ1) is 2.89. The van der Waals surface area contributed by atoms with Crippen LogP contribution in [0.3, 0.4) is 0 Å². The zero-order valence-electron chi connectivity index (χ0n) is 3.94. The summed E-state index contributed by atoms with van der Waals surface area (Å²) in [6.45, 7) is 1.19. The lowest BCUT2D eigenvalue weighted by Crippen LogP contribution is -2.11. The highest BCUT2D eigenvalue weighted by molar-refractivity contribution is 6.92. The van der Waals surface area contributed by atoms with Crippen LogP contribution in [-0.4, -0.2) is 19.2 Å². The maximum atomic E-state index is 9.91. The molecule has 4 heteroatoms. The van der Waals surface area contributed by atoms with Gasteiger partial charge < -0.3 is 10.1 Å². The van der Waals surface area contributed by atoms with Gasteiger partial charge in [0.05, 0.1) is 6.54 Å². The normalized spacial score (nSPS) is 16.9. The predicted molar refractivity (Wildman–Crippen MR) is 30.5 cm³/mol. The van der Waals surface area contributed by atoms with Crippen molar-refractivity contribution in [3.63, 3.8) is 0 Å². The molecule has 1 saturated heterocycles. The summed E-state index contributed by atoms with van der Waals surface area (Å²) in [5.41, 5.74) is 0. The minimum Gasteiger partial charge on any atom is -0.448 e. The second-order valence-electron chi connectivity index (χ2n) is 1.06. The van der Waals surface area contributed by atoms with Crippen molar-refractivity contribution >= 4 is 16.0 Å². The Morgan fingerprint density at radius 2 is 2.43 bits per heavy atom. The molecule has 42 valence electrons. The molecule has 0 aromatic heterocycles. The third kappa shape index (κ3) is 1.74. The SMILES string of the molecule is O=C1NCCO1.P. The summed E-state index contributed by atoms with van der Waals surface area (Å²) in [7, 11) is 0. The van der Waals surface area contributed by atoms with Crippen LogP contribution in [-0.2, 0) is 4.74 Å². The van der Waals surface area contributed by atoms with Crippen molar-refractivity contribution < 1.29 is 9.53 Å². The minimum atomic E-state index is -0.296. The number of alkyl carbamates (subject to hydrolysis) is 1. The first-order valence-corrected chi connectivity index (χ1v) is 1.80. The number of amides is 1. The van der Waals surface area contributed by atoms with Gasteiger partial charge in [-0.3, -0.25) is 0 Å². The monoisotopic (exact) mass is 121 g/mol. The van der Waals surface area contributed by atoms with Crippen LogP contribution in [0, 0.1) is 0 Å². The van der Waals surface area contributed by atoms with E-state index in [1.165, 1.54) is 0 Å². The molecule has 1 N–H and O–H groups in total. The van der Waals surface area contributed by atoms with E-state index in [0.29, 0.717) is 13.2 Å². The highest BCUT2D eigenvalue weighted by Gasteiger charge is 2.06. The van der Waals surface area contributed by atoms with Crippen LogP contribution in [0.2, 0.25) is 0 Å². The molecule has 0 aliphatic carbocycles. The Bertz CT molecular complexity index is 67.3. The summed E-state index contributed by atoms with van der Waals surface area (Å²) in [5.74, 6) is 0. The maximum Gasteiger partial charge on any atom is 0.407 e. The molecule has 1 aliphatic heterocycles. The highest BCUT2D eigenvalue weighted by atomic mass is 31.0. The fraction of sp³-hybridized carbons (Fsp3) is 0.667. The highest BCUT2D eigenvalue weighted by Crippen LogP contribution is 1.82. The summed E-state index contributed by atoms with van der Waals surface area (Å²) in [5, 5.41) is 2.46. The van der Waals surface area contributed by atoms with Gasteiger partial charge in [-0.1, -0.05) is 0 Å². The lowest BCUT2D eigenvalue weighted by molar-refractivity contribution is 0.178. The van der Waals surface area contributed by atoms with Gasteiger partial charge in [0.2, 0.25) is 0 Å². The molecular formula is C3H8NO2P. The van der Waals surface area contributed by atoms with E-state index >= 15 is 0 Å². The molecule has 1 aliphatic rings. The summed E-state index contributed by atoms with van der Waals surface area (Å²) in [6.07, 6.45) is -0.296. The summed E-state index contributed by atoms with van der Waals surface area (Å²) in [6, 6.07) is 0. The molecule has 0 spiro atoms. The van der Waals surface area contributed by atoms with Crippen LogP contribution >= 0.6 is 9.90 Å². The molecule has 0 bridgehead atoms. The number of hydrogen-bond acceptors (Lipinski definition) is 2. The first-order valence-electron chi connectivity index (χ1n) is 1.80. The Morgan fingerprint density at radius 3 is 2.57 bits per heavy atom. The molecule has 7 heavy (non-hydrogen) atoms. The number of nitrogens with one attached hydrogen (secondary N) is 1. The van der Waals surface area contributed by atoms with Crippen molar-refractivity contribution in [3.8, 4) is 0 Å². The Hall–Kier alpha value is -0.300. The topological polar surface area (TPSA) is 38.3 Å². The molecule has 1 amide bonds. The van der Waals surface area contributed by atoms with Gasteiger partial charge in [0, 0.05) is 0 Å². The van der Waals surface area contributed by atoms with Crippen molar-refractivity contribution in [1.29, 1.82) is 0 Å². The van der Waals surface area contributed by atoms with E-state index in [1.54, 1.807) is 0 Å². The van der Waals surface area contributed by atoms with Crippen LogP contribution in [0.4, 0.5) is 4.79 Å². The molecular weight excluding hydrogens is 113 g/mol. The van der Waals surface area contributed by atoms with Crippen molar-refractivity contribution in [1.82, 2.24) is 5.32 Å². The minimum absolute atomic E-state index is 0. The van der Waals surface area contributed by atoms with Crippen molar-refractivity contribution in [2.45, 2.75) is 0 Å². The molecule has 0 aromatic rings. The van der Waals surface area contributed by atoms with Gasteiger partial charge in [-0.2, -0.15) is 9.90 Å². The number of ether oxygens (including phenoxy) is 1. The average molecular weight is 121 g/mol. The number of rotatable bonds is 0. The lowest BCUT2D eigenvalue weighted by Gasteiger charge is -1.80. The van der Waals surface area contributed by atoms with Gasteiger partial charge in [-0.05, 0) is 0 Å².